The fourth-order valence-corrected chi connectivity index (χ4v) is 1.02. The van der Waals surface area contributed by atoms with E-state index in [-0.39, 0.29) is 18.4 Å². The number of carbonyl (C=O) groups excluding carboxylic acids is 1. The third-order valence-corrected chi connectivity index (χ3v) is 1.84. The fraction of sp³-hybridized carbons (Fsp3) is 0.889. The summed E-state index contributed by atoms with van der Waals surface area (Å²) in [6.07, 6.45) is 1.59. The predicted molar refractivity (Wildman–Crippen MR) is 52.4 cm³/mol. The zero-order valence-electron chi connectivity index (χ0n) is 8.47. The molecule has 0 aliphatic carbocycles. The minimum Gasteiger partial charge on any atom is -0.396 e. The monoisotopic (exact) mass is 188 g/mol. The van der Waals surface area contributed by atoms with Gasteiger partial charge < -0.3 is 15.7 Å². The molecule has 0 aliphatic rings. The first-order chi connectivity index (χ1) is 6.22. The van der Waals surface area contributed by atoms with Crippen molar-refractivity contribution >= 4 is 5.91 Å². The Balaban J connectivity index is 3.38. The standard InChI is InChI=1S/C9H20N2O2/c1-8(7-10-2)9(13)11-5-3-4-6-12/h8,10,12H,3-7H2,1-2H3,(H,11,13). The normalized spacial score (nSPS) is 12.5. The Morgan fingerprint density at radius 2 is 2.15 bits per heavy atom. The highest BCUT2D eigenvalue weighted by molar-refractivity contribution is 5.78. The average Bonchev–Trinajstić information content (AvgIpc) is 2.12. The van der Waals surface area contributed by atoms with Crippen LogP contribution in [0.5, 0.6) is 0 Å². The largest absolute Gasteiger partial charge is 0.396 e. The molecule has 0 aliphatic heterocycles. The Morgan fingerprint density at radius 1 is 1.46 bits per heavy atom. The number of rotatable bonds is 7. The molecule has 0 fully saturated rings. The first-order valence-electron chi connectivity index (χ1n) is 4.75. The third-order valence-electron chi connectivity index (χ3n) is 1.84. The molecule has 0 heterocycles. The molecule has 0 aromatic rings. The molecule has 13 heavy (non-hydrogen) atoms. The van der Waals surface area contributed by atoms with Crippen LogP contribution in [0.1, 0.15) is 19.8 Å². The van der Waals surface area contributed by atoms with Gasteiger partial charge in [-0.15, -0.1) is 0 Å². The molecular weight excluding hydrogens is 168 g/mol. The van der Waals surface area contributed by atoms with Crippen LogP contribution in [0.25, 0.3) is 0 Å². The molecule has 3 N–H and O–H groups in total. The maximum Gasteiger partial charge on any atom is 0.224 e. The Morgan fingerprint density at radius 3 is 2.69 bits per heavy atom. The molecule has 4 heteroatoms. The minimum atomic E-state index is 0.0131. The Hall–Kier alpha value is -0.610. The van der Waals surface area contributed by atoms with Crippen LogP contribution in [0.4, 0.5) is 0 Å². The highest BCUT2D eigenvalue weighted by Gasteiger charge is 2.09. The topological polar surface area (TPSA) is 61.4 Å². The average molecular weight is 188 g/mol. The lowest BCUT2D eigenvalue weighted by molar-refractivity contribution is -0.124. The van der Waals surface area contributed by atoms with Gasteiger partial charge in [0.1, 0.15) is 0 Å². The lowest BCUT2D eigenvalue weighted by Gasteiger charge is -2.10. The summed E-state index contributed by atoms with van der Waals surface area (Å²) in [6.45, 7) is 3.44. The maximum atomic E-state index is 11.3. The van der Waals surface area contributed by atoms with Crippen molar-refractivity contribution in [2.24, 2.45) is 5.92 Å². The number of nitrogens with one attached hydrogen (secondary N) is 2. The van der Waals surface area contributed by atoms with Crippen LogP contribution in [0.15, 0.2) is 0 Å². The van der Waals surface area contributed by atoms with Crippen LogP contribution in [0, 0.1) is 5.92 Å². The highest BCUT2D eigenvalue weighted by atomic mass is 16.2. The molecule has 4 nitrogen and oxygen atoms in total. The lowest BCUT2D eigenvalue weighted by atomic mass is 10.1. The zero-order chi connectivity index (χ0) is 10.1. The molecule has 0 bridgehead atoms. The van der Waals surface area contributed by atoms with Gasteiger partial charge in [-0.05, 0) is 19.9 Å². The Bertz CT molecular complexity index is 140. The van der Waals surface area contributed by atoms with Gasteiger partial charge in [0.05, 0.1) is 0 Å². The van der Waals surface area contributed by atoms with E-state index < -0.39 is 0 Å². The van der Waals surface area contributed by atoms with Crippen LogP contribution in [0.3, 0.4) is 0 Å². The van der Waals surface area contributed by atoms with Gasteiger partial charge in [0.15, 0.2) is 0 Å². The second-order valence-corrected chi connectivity index (χ2v) is 3.18. The summed E-state index contributed by atoms with van der Waals surface area (Å²) in [7, 11) is 1.83. The summed E-state index contributed by atoms with van der Waals surface area (Å²) in [6, 6.07) is 0. The van der Waals surface area contributed by atoms with E-state index in [2.05, 4.69) is 10.6 Å². The molecule has 1 unspecified atom stereocenters. The molecule has 0 aromatic carbocycles. The molecule has 1 atom stereocenters. The van der Waals surface area contributed by atoms with Crippen LogP contribution in [-0.4, -0.2) is 37.8 Å². The van der Waals surface area contributed by atoms with Crippen LogP contribution in [-0.2, 0) is 4.79 Å². The van der Waals surface area contributed by atoms with Crippen molar-refractivity contribution in [1.82, 2.24) is 10.6 Å². The molecular formula is C9H20N2O2. The molecule has 0 spiro atoms. The molecule has 1 amide bonds. The molecule has 0 aromatic heterocycles. The van der Waals surface area contributed by atoms with Crippen molar-refractivity contribution < 1.29 is 9.90 Å². The van der Waals surface area contributed by atoms with Gasteiger partial charge in [0.2, 0.25) is 5.91 Å². The van der Waals surface area contributed by atoms with Crippen molar-refractivity contribution in [3.8, 4) is 0 Å². The first-order valence-corrected chi connectivity index (χ1v) is 4.75. The number of hydrogen-bond donors (Lipinski definition) is 3. The third kappa shape index (κ3) is 6.54. The van der Waals surface area contributed by atoms with Gasteiger partial charge in [-0.2, -0.15) is 0 Å². The number of hydrogen-bond acceptors (Lipinski definition) is 3. The predicted octanol–water partition coefficient (Wildman–Crippen LogP) is -0.269. The first kappa shape index (κ1) is 12.4. The molecule has 78 valence electrons. The van der Waals surface area contributed by atoms with Gasteiger partial charge in [-0.3, -0.25) is 4.79 Å². The van der Waals surface area contributed by atoms with Crippen molar-refractivity contribution in [2.45, 2.75) is 19.8 Å². The van der Waals surface area contributed by atoms with Crippen molar-refractivity contribution in [2.75, 3.05) is 26.7 Å². The molecule has 0 radical (unpaired) electrons. The zero-order valence-corrected chi connectivity index (χ0v) is 8.47. The SMILES string of the molecule is CNCC(C)C(=O)NCCCCO. The van der Waals surface area contributed by atoms with Crippen LogP contribution in [0.2, 0.25) is 0 Å². The van der Waals surface area contributed by atoms with E-state index in [0.29, 0.717) is 13.1 Å². The maximum absolute atomic E-state index is 11.3. The Kier molecular flexibility index (Phi) is 7.63. The van der Waals surface area contributed by atoms with E-state index in [1.807, 2.05) is 14.0 Å². The lowest BCUT2D eigenvalue weighted by Crippen LogP contribution is -2.34. The van der Waals surface area contributed by atoms with E-state index in [0.717, 1.165) is 12.8 Å². The number of carbonyl (C=O) groups is 1. The smallest absolute Gasteiger partial charge is 0.224 e. The van der Waals surface area contributed by atoms with Gasteiger partial charge >= 0.3 is 0 Å². The second-order valence-electron chi connectivity index (χ2n) is 3.18. The summed E-state index contributed by atoms with van der Waals surface area (Å²) in [5.41, 5.74) is 0. The van der Waals surface area contributed by atoms with Gasteiger partial charge in [0.25, 0.3) is 0 Å². The van der Waals surface area contributed by atoms with Crippen molar-refractivity contribution in [1.29, 1.82) is 0 Å². The fourth-order valence-electron chi connectivity index (χ4n) is 1.02. The highest BCUT2D eigenvalue weighted by Crippen LogP contribution is 1.92. The van der Waals surface area contributed by atoms with Crippen LogP contribution >= 0.6 is 0 Å². The Labute approximate surface area is 79.7 Å². The van der Waals surface area contributed by atoms with E-state index in [9.17, 15) is 4.79 Å². The van der Waals surface area contributed by atoms with Crippen molar-refractivity contribution in [3.63, 3.8) is 0 Å². The number of amides is 1. The molecule has 0 saturated carbocycles. The summed E-state index contributed by atoms with van der Waals surface area (Å²) in [5.74, 6) is 0.0893. The van der Waals surface area contributed by atoms with Gasteiger partial charge in [-0.1, -0.05) is 6.92 Å². The quantitative estimate of drug-likeness (QED) is 0.482. The second kappa shape index (κ2) is 8.01. The number of aliphatic hydroxyl groups is 1. The summed E-state index contributed by atoms with van der Waals surface area (Å²) in [4.78, 5) is 11.3. The summed E-state index contributed by atoms with van der Waals surface area (Å²) in [5, 5.41) is 14.3. The van der Waals surface area contributed by atoms with Crippen molar-refractivity contribution in [3.05, 3.63) is 0 Å². The minimum absolute atomic E-state index is 0.0131. The molecule has 0 rings (SSSR count). The van der Waals surface area contributed by atoms with E-state index in [1.54, 1.807) is 0 Å². The van der Waals surface area contributed by atoms with Gasteiger partial charge in [0, 0.05) is 25.6 Å². The number of aliphatic hydroxyl groups excluding tert-OH is 1. The number of unbranched alkanes of at least 4 members (excludes halogenated alkanes) is 1. The summed E-state index contributed by atoms with van der Waals surface area (Å²) < 4.78 is 0. The van der Waals surface area contributed by atoms with Gasteiger partial charge in [-0.25, -0.2) is 0 Å². The van der Waals surface area contributed by atoms with E-state index in [1.165, 1.54) is 0 Å². The molecule has 0 saturated heterocycles. The van der Waals surface area contributed by atoms with Crippen LogP contribution < -0.4 is 10.6 Å². The summed E-state index contributed by atoms with van der Waals surface area (Å²) >= 11 is 0. The van der Waals surface area contributed by atoms with E-state index in [4.69, 9.17) is 5.11 Å². The van der Waals surface area contributed by atoms with E-state index >= 15 is 0 Å².